The smallest absolute Gasteiger partial charge is 0.490 e. The molecular weight excluding hydrogens is 535 g/mol. The van der Waals surface area contributed by atoms with Crippen LogP contribution in [0.3, 0.4) is 0 Å². The highest BCUT2D eigenvalue weighted by Gasteiger charge is 2.38. The number of aliphatic carboxylic acids is 2. The molecule has 0 radical (unpaired) electrons. The number of ketones is 1. The molecular formula is C27H32F3N3O7. The number of carbonyl (C=O) groups excluding carboxylic acids is 1. The Hall–Kier alpha value is -4.16. The van der Waals surface area contributed by atoms with Crippen molar-refractivity contribution in [2.75, 3.05) is 19.8 Å². The van der Waals surface area contributed by atoms with E-state index in [1.807, 2.05) is 41.5 Å². The molecule has 218 valence electrons. The number of benzene rings is 1. The van der Waals surface area contributed by atoms with Crippen LogP contribution >= 0.6 is 0 Å². The highest BCUT2D eigenvalue weighted by molar-refractivity contribution is 6.04. The van der Waals surface area contributed by atoms with Crippen molar-refractivity contribution in [3.63, 3.8) is 0 Å². The second-order valence-corrected chi connectivity index (χ2v) is 9.99. The molecule has 0 fully saturated rings. The predicted molar refractivity (Wildman–Crippen MR) is 138 cm³/mol. The molecule has 10 nitrogen and oxygen atoms in total. The number of carbonyl (C=O) groups is 3. The number of aromatic nitrogens is 1. The summed E-state index contributed by atoms with van der Waals surface area (Å²) in [4.78, 5) is 39.2. The first-order chi connectivity index (χ1) is 18.4. The Morgan fingerprint density at radius 3 is 2.20 bits per heavy atom. The van der Waals surface area contributed by atoms with Gasteiger partial charge in [-0.1, -0.05) is 20.8 Å². The summed E-state index contributed by atoms with van der Waals surface area (Å²) in [7, 11) is 0. The lowest BCUT2D eigenvalue weighted by atomic mass is 9.85. The van der Waals surface area contributed by atoms with E-state index in [-0.39, 0.29) is 23.6 Å². The number of carboxylic acids is 2. The zero-order chi connectivity index (χ0) is 30.6. The summed E-state index contributed by atoms with van der Waals surface area (Å²) in [6, 6.07) is 5.04. The van der Waals surface area contributed by atoms with Gasteiger partial charge in [-0.2, -0.15) is 13.2 Å². The van der Waals surface area contributed by atoms with Crippen LogP contribution in [0.25, 0.3) is 0 Å². The number of carboxylic acid groups (broad SMARTS) is 2. The molecule has 3 N–H and O–H groups in total. The highest BCUT2D eigenvalue weighted by atomic mass is 19.4. The minimum Gasteiger partial charge on any atom is -0.492 e. The van der Waals surface area contributed by atoms with Gasteiger partial charge >= 0.3 is 18.1 Å². The van der Waals surface area contributed by atoms with E-state index in [9.17, 15) is 22.8 Å². The van der Waals surface area contributed by atoms with E-state index in [0.717, 1.165) is 28.1 Å². The van der Waals surface area contributed by atoms with Gasteiger partial charge < -0.3 is 24.6 Å². The van der Waals surface area contributed by atoms with E-state index < -0.39 is 24.7 Å². The van der Waals surface area contributed by atoms with Crippen LogP contribution in [-0.4, -0.2) is 69.6 Å². The Balaban J connectivity index is 0.000000708. The molecule has 0 unspecified atom stereocenters. The van der Waals surface area contributed by atoms with Gasteiger partial charge in [0.05, 0.1) is 18.8 Å². The molecule has 0 amide bonds. The normalized spacial score (nSPS) is 12.8. The van der Waals surface area contributed by atoms with Crippen LogP contribution in [0.4, 0.5) is 13.2 Å². The third-order valence-electron chi connectivity index (χ3n) is 5.90. The number of halogens is 3. The van der Waals surface area contributed by atoms with Gasteiger partial charge in [0.15, 0.2) is 12.4 Å². The number of ether oxygens (including phenoxy) is 2. The second kappa shape index (κ2) is 12.3. The van der Waals surface area contributed by atoms with Crippen LogP contribution in [0.2, 0.25) is 0 Å². The fourth-order valence-corrected chi connectivity index (χ4v) is 3.99. The second-order valence-electron chi connectivity index (χ2n) is 9.99. The Morgan fingerprint density at radius 1 is 1.10 bits per heavy atom. The number of fused-ring (bicyclic) bond motifs is 1. The Kier molecular flexibility index (Phi) is 9.90. The van der Waals surface area contributed by atoms with Crippen LogP contribution in [0.15, 0.2) is 18.2 Å². The summed E-state index contributed by atoms with van der Waals surface area (Å²) in [5.74, 6) is -2.54. The van der Waals surface area contributed by atoms with E-state index >= 15 is 0 Å². The van der Waals surface area contributed by atoms with Gasteiger partial charge in [0.25, 0.3) is 0 Å². The topological polar surface area (TPSA) is 150 Å². The number of hydrogen-bond donors (Lipinski definition) is 3. The number of aryl methyl sites for hydroxylation is 1. The first-order valence-electron chi connectivity index (χ1n) is 12.2. The highest BCUT2D eigenvalue weighted by Crippen LogP contribution is 2.34. The van der Waals surface area contributed by atoms with Crippen LogP contribution in [0, 0.1) is 19.3 Å². The third-order valence-corrected chi connectivity index (χ3v) is 5.90. The predicted octanol–water partition coefficient (Wildman–Crippen LogP) is 4.52. The van der Waals surface area contributed by atoms with Crippen LogP contribution in [-0.2, 0) is 21.5 Å². The average Bonchev–Trinajstić information content (AvgIpc) is 3.14. The summed E-state index contributed by atoms with van der Waals surface area (Å²) in [5, 5.41) is 24.6. The number of hydrogen-bond acceptors (Lipinski definition) is 7. The van der Waals surface area contributed by atoms with Crippen LogP contribution < -0.4 is 9.47 Å². The van der Waals surface area contributed by atoms with Crippen molar-refractivity contribution >= 4 is 23.6 Å². The third kappa shape index (κ3) is 7.70. The lowest BCUT2D eigenvalue weighted by molar-refractivity contribution is -0.192. The summed E-state index contributed by atoms with van der Waals surface area (Å²) in [5.41, 5.74) is 4.08. The van der Waals surface area contributed by atoms with Gasteiger partial charge in [-0.3, -0.25) is 10.2 Å². The van der Waals surface area contributed by atoms with E-state index in [4.69, 9.17) is 29.9 Å². The molecule has 0 spiro atoms. The van der Waals surface area contributed by atoms with E-state index in [0.29, 0.717) is 30.2 Å². The molecule has 0 aliphatic carbocycles. The van der Waals surface area contributed by atoms with Crippen LogP contribution in [0.5, 0.6) is 11.5 Å². The summed E-state index contributed by atoms with van der Waals surface area (Å²) < 4.78 is 42.9. The molecule has 0 saturated heterocycles. The van der Waals surface area contributed by atoms with E-state index in [1.165, 1.54) is 0 Å². The summed E-state index contributed by atoms with van der Waals surface area (Å²) in [6.45, 7) is 12.2. The molecule has 3 rings (SSSR count). The molecule has 13 heteroatoms. The largest absolute Gasteiger partial charge is 0.492 e. The number of amidine groups is 1. The van der Waals surface area contributed by atoms with E-state index in [2.05, 4.69) is 4.98 Å². The Morgan fingerprint density at radius 2 is 1.70 bits per heavy atom. The molecule has 40 heavy (non-hydrogen) atoms. The molecule has 1 aromatic heterocycles. The maximum absolute atomic E-state index is 13.2. The minimum absolute atomic E-state index is 0.0383. The number of alkyl halides is 3. The van der Waals surface area contributed by atoms with E-state index in [1.54, 1.807) is 23.1 Å². The van der Waals surface area contributed by atoms with Gasteiger partial charge in [-0.05, 0) is 44.4 Å². The quantitative estimate of drug-likeness (QED) is 0.391. The number of nitrogens with one attached hydrogen (secondary N) is 1. The van der Waals surface area contributed by atoms with Gasteiger partial charge in [0.1, 0.15) is 23.0 Å². The molecule has 0 bridgehead atoms. The zero-order valence-corrected chi connectivity index (χ0v) is 23.0. The molecule has 0 atom stereocenters. The maximum atomic E-state index is 13.2. The van der Waals surface area contributed by atoms with Gasteiger partial charge in [-0.25, -0.2) is 14.6 Å². The van der Waals surface area contributed by atoms with Crippen molar-refractivity contribution in [3.05, 3.63) is 51.8 Å². The SMILES string of the molecule is CCOc1c(C)nc2c(c1C)CN(CC(=O)c1ccc(OCC(=O)O)c(C(C)(C)C)c1)C2=N.O=C(O)C(F)(F)F. The number of nitrogens with zero attached hydrogens (tertiary/aromatic N) is 2. The molecule has 1 aromatic carbocycles. The number of Topliss-reactive ketones (excluding diaryl/α,β-unsaturated/α-hetero) is 1. The standard InChI is InChI=1S/C25H31N3O5.C2HF3O2/c1-7-32-23-14(2)17-11-28(24(26)22(17)27-15(23)3)12-19(29)16-8-9-20(33-13-21(30)31)18(10-16)25(4,5)6;3-2(4,5)1(6)7/h8-10,26H,7,11-13H2,1-6H3,(H,30,31);(H,6,7). The van der Waals surface area contributed by atoms with Crippen molar-refractivity contribution in [1.82, 2.24) is 9.88 Å². The fourth-order valence-electron chi connectivity index (χ4n) is 3.99. The van der Waals surface area contributed by atoms with Crippen molar-refractivity contribution in [2.45, 2.75) is 59.7 Å². The van der Waals surface area contributed by atoms with Crippen molar-refractivity contribution in [3.8, 4) is 11.5 Å². The Labute approximate surface area is 229 Å². The zero-order valence-electron chi connectivity index (χ0n) is 23.0. The number of rotatable bonds is 8. The summed E-state index contributed by atoms with van der Waals surface area (Å²) >= 11 is 0. The average molecular weight is 568 g/mol. The lowest BCUT2D eigenvalue weighted by Crippen LogP contribution is -2.30. The van der Waals surface area contributed by atoms with Crippen molar-refractivity contribution in [2.24, 2.45) is 0 Å². The maximum Gasteiger partial charge on any atom is 0.490 e. The lowest BCUT2D eigenvalue weighted by Gasteiger charge is -2.24. The van der Waals surface area contributed by atoms with Crippen LogP contribution in [0.1, 0.15) is 66.1 Å². The Bertz CT molecular complexity index is 1320. The molecule has 2 heterocycles. The fraction of sp³-hybridized carbons (Fsp3) is 0.444. The van der Waals surface area contributed by atoms with Crippen molar-refractivity contribution < 1.29 is 47.2 Å². The van der Waals surface area contributed by atoms with Gasteiger partial charge in [-0.15, -0.1) is 0 Å². The molecule has 1 aliphatic heterocycles. The monoisotopic (exact) mass is 567 g/mol. The molecule has 2 aromatic rings. The first kappa shape index (κ1) is 32.1. The molecule has 0 saturated carbocycles. The number of pyridine rings is 1. The molecule has 1 aliphatic rings. The van der Waals surface area contributed by atoms with Crippen molar-refractivity contribution in [1.29, 1.82) is 5.41 Å². The summed E-state index contributed by atoms with van der Waals surface area (Å²) in [6.07, 6.45) is -5.08. The minimum atomic E-state index is -5.08. The van der Waals surface area contributed by atoms with Gasteiger partial charge in [0, 0.05) is 28.8 Å². The van der Waals surface area contributed by atoms with Gasteiger partial charge in [0.2, 0.25) is 0 Å². The first-order valence-corrected chi connectivity index (χ1v) is 12.2.